The molecule has 1 fully saturated rings. The second kappa shape index (κ2) is 12.0. The van der Waals surface area contributed by atoms with Crippen LogP contribution in [0.1, 0.15) is 43.6 Å². The van der Waals surface area contributed by atoms with E-state index in [2.05, 4.69) is 69.7 Å². The van der Waals surface area contributed by atoms with Gasteiger partial charge in [0.25, 0.3) is 0 Å². The zero-order chi connectivity index (χ0) is 19.5. The Bertz CT molecular complexity index is 719. The van der Waals surface area contributed by atoms with Crippen molar-refractivity contribution in [3.63, 3.8) is 0 Å². The maximum atomic E-state index is 6.07. The van der Waals surface area contributed by atoms with E-state index < -0.39 is 8.56 Å². The summed E-state index contributed by atoms with van der Waals surface area (Å²) in [4.78, 5) is 0. The van der Waals surface area contributed by atoms with Gasteiger partial charge >= 0.3 is 8.56 Å². The van der Waals surface area contributed by atoms with Gasteiger partial charge in [-0.1, -0.05) is 28.1 Å². The topological polar surface area (TPSA) is 46.3 Å². The summed E-state index contributed by atoms with van der Waals surface area (Å²) in [6.45, 7) is 0.634. The molecule has 0 spiro atoms. The minimum Gasteiger partial charge on any atom is -0.378 e. The Kier molecular flexibility index (Phi) is 10.0. The highest BCUT2D eigenvalue weighted by molar-refractivity contribution is 9.10. The van der Waals surface area contributed by atoms with Crippen LogP contribution in [0.25, 0.3) is 0 Å². The molecule has 9 heteroatoms. The Balaban J connectivity index is 1.78. The lowest BCUT2D eigenvalue weighted by Gasteiger charge is -2.29. The molecule has 1 saturated carbocycles. The van der Waals surface area contributed by atoms with Crippen molar-refractivity contribution < 1.29 is 4.74 Å². The summed E-state index contributed by atoms with van der Waals surface area (Å²) in [5, 5.41) is 7.08. The molecular formula is C18H20BrN3OS3Si. The van der Waals surface area contributed by atoms with Gasteiger partial charge < -0.3 is 4.74 Å². The minimum absolute atomic E-state index is 0.310. The first kappa shape index (κ1) is 22.6. The summed E-state index contributed by atoms with van der Waals surface area (Å²) in [6.07, 6.45) is 5.55. The molecule has 1 aliphatic carbocycles. The van der Waals surface area contributed by atoms with Crippen molar-refractivity contribution in [2.75, 3.05) is 6.61 Å². The summed E-state index contributed by atoms with van der Waals surface area (Å²) >= 11 is 17.6. The van der Waals surface area contributed by atoms with Gasteiger partial charge in [-0.2, -0.15) is 0 Å². The third-order valence-corrected chi connectivity index (χ3v) is 8.42. The highest BCUT2D eigenvalue weighted by atomic mass is 79.9. The molecule has 0 aliphatic heterocycles. The molecule has 142 valence electrons. The maximum Gasteiger partial charge on any atom is 0.461 e. The maximum absolute atomic E-state index is 6.07. The van der Waals surface area contributed by atoms with E-state index in [1.165, 1.54) is 5.56 Å². The van der Waals surface area contributed by atoms with E-state index in [0.29, 0.717) is 24.7 Å². The smallest absolute Gasteiger partial charge is 0.378 e. The summed E-state index contributed by atoms with van der Waals surface area (Å²) in [6, 6.07) is 9.26. The van der Waals surface area contributed by atoms with E-state index in [1.54, 1.807) is 0 Å². The number of hydrogen-bond donors (Lipinski definition) is 0. The fraction of sp³-hybridized carbons (Fsp3) is 0.500. The van der Waals surface area contributed by atoms with Crippen molar-refractivity contribution in [3.8, 4) is 0 Å². The lowest BCUT2D eigenvalue weighted by atomic mass is 9.83. The number of ether oxygens (including phenoxy) is 1. The van der Waals surface area contributed by atoms with Crippen LogP contribution in [-0.4, -0.2) is 36.8 Å². The zero-order valence-corrected chi connectivity index (χ0v) is 19.8. The van der Waals surface area contributed by atoms with Gasteiger partial charge in [0.05, 0.1) is 21.6 Å². The molecule has 0 bridgehead atoms. The lowest BCUT2D eigenvalue weighted by Crippen LogP contribution is -2.28. The fourth-order valence-corrected chi connectivity index (χ4v) is 6.44. The van der Waals surface area contributed by atoms with Gasteiger partial charge in [0.2, 0.25) is 0 Å². The molecular weight excluding hydrogens is 478 g/mol. The van der Waals surface area contributed by atoms with E-state index in [4.69, 9.17) is 41.4 Å². The van der Waals surface area contributed by atoms with Crippen LogP contribution in [0, 0.1) is 0 Å². The van der Waals surface area contributed by atoms with Crippen LogP contribution in [0.15, 0.2) is 42.7 Å². The molecule has 2 rings (SSSR count). The molecule has 4 nitrogen and oxygen atoms in total. The van der Waals surface area contributed by atoms with E-state index in [1.807, 2.05) is 0 Å². The van der Waals surface area contributed by atoms with Crippen LogP contribution in [0.4, 0.5) is 0 Å². The predicted octanol–water partition coefficient (Wildman–Crippen LogP) is 6.13. The van der Waals surface area contributed by atoms with Crippen molar-refractivity contribution >= 4 is 76.6 Å². The molecule has 27 heavy (non-hydrogen) atoms. The van der Waals surface area contributed by atoms with E-state index in [0.717, 1.165) is 36.6 Å². The zero-order valence-electron chi connectivity index (χ0n) is 14.8. The second-order valence-electron chi connectivity index (χ2n) is 6.38. The summed E-state index contributed by atoms with van der Waals surface area (Å²) in [5.41, 5.74) is 1.42. The number of halogens is 1. The Morgan fingerprint density at radius 3 is 2.04 bits per heavy atom. The third-order valence-electron chi connectivity index (χ3n) is 4.70. The minimum atomic E-state index is -2.80. The first-order valence-corrected chi connectivity index (χ1v) is 12.8. The van der Waals surface area contributed by atoms with Crippen LogP contribution in [0.3, 0.4) is 0 Å². The summed E-state index contributed by atoms with van der Waals surface area (Å²) < 4.78 is 19.6. The lowest BCUT2D eigenvalue weighted by molar-refractivity contribution is 0.0250. The van der Waals surface area contributed by atoms with Crippen molar-refractivity contribution in [1.82, 2.24) is 0 Å². The fourth-order valence-electron chi connectivity index (χ4n) is 3.32. The molecule has 0 radical (unpaired) electrons. The number of hydrogen-bond acceptors (Lipinski definition) is 7. The van der Waals surface area contributed by atoms with Gasteiger partial charge in [-0.15, -0.1) is 0 Å². The van der Waals surface area contributed by atoms with Crippen molar-refractivity contribution in [2.45, 2.75) is 50.2 Å². The molecule has 0 N–H and O–H groups in total. The van der Waals surface area contributed by atoms with Gasteiger partial charge in [0, 0.05) is 17.1 Å². The number of nitrogens with zero attached hydrogens (tertiary/aromatic N) is 3. The monoisotopic (exact) mass is 497 g/mol. The van der Waals surface area contributed by atoms with E-state index >= 15 is 0 Å². The van der Waals surface area contributed by atoms with Crippen LogP contribution < -0.4 is 0 Å². The molecule has 0 atom stereocenters. The highest BCUT2D eigenvalue weighted by Crippen LogP contribution is 2.34. The number of thiocarbonyl (C=S) groups is 3. The number of isothiocyanates is 3. The number of benzene rings is 1. The molecule has 1 aromatic carbocycles. The van der Waals surface area contributed by atoms with Crippen LogP contribution in [-0.2, 0) is 4.74 Å². The van der Waals surface area contributed by atoms with Crippen molar-refractivity contribution in [2.24, 2.45) is 14.0 Å². The van der Waals surface area contributed by atoms with Crippen molar-refractivity contribution in [1.29, 1.82) is 0 Å². The van der Waals surface area contributed by atoms with Gasteiger partial charge in [-0.05, 0) is 92.4 Å². The SMILES string of the molecule is S=C=N[Si](CCCOC1CCC(c2ccc(Br)cc2)CC1)(N=C=S)N=C=S. The normalized spacial score (nSPS) is 21.1. The second-order valence-corrected chi connectivity index (χ2v) is 10.6. The van der Waals surface area contributed by atoms with Crippen molar-refractivity contribution in [3.05, 3.63) is 34.3 Å². The van der Waals surface area contributed by atoms with Gasteiger partial charge in [-0.3, -0.25) is 0 Å². The van der Waals surface area contributed by atoms with Gasteiger partial charge in [0.15, 0.2) is 0 Å². The molecule has 0 amide bonds. The van der Waals surface area contributed by atoms with E-state index in [-0.39, 0.29) is 0 Å². The predicted molar refractivity (Wildman–Crippen MR) is 125 cm³/mol. The van der Waals surface area contributed by atoms with Crippen LogP contribution in [0.5, 0.6) is 0 Å². The Labute approximate surface area is 185 Å². The largest absolute Gasteiger partial charge is 0.461 e. The molecule has 1 aromatic rings. The molecule has 0 heterocycles. The van der Waals surface area contributed by atoms with Crippen LogP contribution >= 0.6 is 52.6 Å². The standard InChI is InChI=1S/C18H20BrN3OS3Si/c19-17-6-2-15(3-7-17)16-4-8-18(9-5-16)23-10-1-11-27(20-12-24,21-13-25)22-14-26/h2-3,6-7,16,18H,1,4-5,8-11H2. The van der Waals surface area contributed by atoms with E-state index in [9.17, 15) is 0 Å². The molecule has 0 saturated heterocycles. The number of rotatable bonds is 9. The summed E-state index contributed by atoms with van der Waals surface area (Å²) in [7, 11) is -2.80. The summed E-state index contributed by atoms with van der Waals surface area (Å²) in [5.74, 6) is 0.629. The first-order valence-electron chi connectivity index (χ1n) is 8.76. The molecule has 0 unspecified atom stereocenters. The van der Waals surface area contributed by atoms with Crippen LogP contribution in [0.2, 0.25) is 6.04 Å². The Morgan fingerprint density at radius 1 is 0.963 bits per heavy atom. The highest BCUT2D eigenvalue weighted by Gasteiger charge is 2.34. The molecule has 0 aromatic heterocycles. The average Bonchev–Trinajstić information content (AvgIpc) is 2.67. The van der Waals surface area contributed by atoms with Gasteiger partial charge in [-0.25, -0.2) is 14.0 Å². The Morgan fingerprint density at radius 2 is 1.52 bits per heavy atom. The molecule has 1 aliphatic rings. The average molecular weight is 499 g/mol. The van der Waals surface area contributed by atoms with Gasteiger partial charge in [0.1, 0.15) is 0 Å². The Hall–Kier alpha value is -0.723. The first-order chi connectivity index (χ1) is 13.1. The quantitative estimate of drug-likeness (QED) is 0.178. The third kappa shape index (κ3) is 7.31.